The Morgan fingerprint density at radius 1 is 1.24 bits per heavy atom. The molecule has 0 saturated heterocycles. The Hall–Kier alpha value is -2.67. The molecule has 2 aromatic heterocycles. The molecule has 0 spiro atoms. The Balaban J connectivity index is 1.46. The van der Waals surface area contributed by atoms with Gasteiger partial charge in [-0.2, -0.15) is 5.10 Å². The summed E-state index contributed by atoms with van der Waals surface area (Å²) < 4.78 is 1.85. The lowest BCUT2D eigenvalue weighted by Crippen LogP contribution is -2.37. The van der Waals surface area contributed by atoms with Gasteiger partial charge in [-0.25, -0.2) is 9.67 Å². The van der Waals surface area contributed by atoms with Gasteiger partial charge in [0.25, 0.3) is 0 Å². The highest BCUT2D eigenvalue weighted by Crippen LogP contribution is 2.09. The summed E-state index contributed by atoms with van der Waals surface area (Å²) in [6.07, 6.45) is 4.60. The minimum atomic E-state index is 0.717. The Labute approximate surface area is 151 Å². The second-order valence-corrected chi connectivity index (χ2v) is 6.64. The number of nitrogens with one attached hydrogen (secondary N) is 2. The van der Waals surface area contributed by atoms with Crippen molar-refractivity contribution >= 4 is 17.3 Å². The fourth-order valence-corrected chi connectivity index (χ4v) is 3.07. The summed E-state index contributed by atoms with van der Waals surface area (Å²) >= 11 is 1.69. The molecule has 3 aromatic rings. The van der Waals surface area contributed by atoms with Crippen molar-refractivity contribution in [2.45, 2.75) is 19.9 Å². The van der Waals surface area contributed by atoms with E-state index in [0.717, 1.165) is 41.9 Å². The van der Waals surface area contributed by atoms with Crippen LogP contribution >= 0.6 is 11.3 Å². The molecule has 0 fully saturated rings. The molecule has 0 aliphatic heterocycles. The average molecular weight is 354 g/mol. The van der Waals surface area contributed by atoms with Crippen LogP contribution in [-0.2, 0) is 13.0 Å². The van der Waals surface area contributed by atoms with E-state index in [1.807, 2.05) is 23.9 Å². The van der Waals surface area contributed by atoms with Gasteiger partial charge in [-0.05, 0) is 30.7 Å². The summed E-state index contributed by atoms with van der Waals surface area (Å²) in [5.74, 6) is 0.795. The number of aryl methyl sites for hydroxylation is 1. The molecule has 0 aliphatic carbocycles. The molecule has 0 bridgehead atoms. The molecule has 0 aliphatic rings. The third kappa shape index (κ3) is 4.90. The molecule has 6 nitrogen and oxygen atoms in total. The number of hydrogen-bond acceptors (Lipinski definition) is 4. The van der Waals surface area contributed by atoms with Crippen molar-refractivity contribution in [2.24, 2.45) is 4.99 Å². The fraction of sp³-hybridized carbons (Fsp3) is 0.278. The number of rotatable bonds is 6. The molecule has 25 heavy (non-hydrogen) atoms. The number of thiazole rings is 1. The molecule has 130 valence electrons. The summed E-state index contributed by atoms with van der Waals surface area (Å²) in [7, 11) is 1.78. The topological polar surface area (TPSA) is 67.1 Å². The molecule has 1 aromatic carbocycles. The summed E-state index contributed by atoms with van der Waals surface area (Å²) in [5.41, 5.74) is 3.36. The number of aliphatic imine (C=N–C) groups is 1. The zero-order chi connectivity index (χ0) is 17.5. The average Bonchev–Trinajstić information content (AvgIpc) is 3.30. The number of benzene rings is 1. The van der Waals surface area contributed by atoms with Crippen LogP contribution in [0.5, 0.6) is 0 Å². The minimum absolute atomic E-state index is 0.717. The maximum atomic E-state index is 4.47. The zero-order valence-corrected chi connectivity index (χ0v) is 15.3. The maximum absolute atomic E-state index is 4.47. The zero-order valence-electron chi connectivity index (χ0n) is 14.4. The number of guanidine groups is 1. The van der Waals surface area contributed by atoms with E-state index in [9.17, 15) is 0 Å². The Kier molecular flexibility index (Phi) is 5.79. The first-order valence-electron chi connectivity index (χ1n) is 8.19. The number of nitrogens with zero attached hydrogens (tertiary/aromatic N) is 4. The van der Waals surface area contributed by atoms with Crippen LogP contribution in [-0.4, -0.2) is 34.3 Å². The van der Waals surface area contributed by atoms with E-state index in [1.54, 1.807) is 24.6 Å². The summed E-state index contributed by atoms with van der Waals surface area (Å²) in [4.78, 5) is 8.73. The molecule has 7 heteroatoms. The van der Waals surface area contributed by atoms with E-state index in [-0.39, 0.29) is 0 Å². The van der Waals surface area contributed by atoms with Crippen LogP contribution in [0.25, 0.3) is 5.69 Å². The van der Waals surface area contributed by atoms with Gasteiger partial charge in [0.1, 0.15) is 0 Å². The molecule has 0 amide bonds. The van der Waals surface area contributed by atoms with Gasteiger partial charge in [0, 0.05) is 44.3 Å². The fourth-order valence-electron chi connectivity index (χ4n) is 2.43. The first-order chi connectivity index (χ1) is 12.2. The van der Waals surface area contributed by atoms with Crippen molar-refractivity contribution in [1.82, 2.24) is 25.4 Å². The molecule has 2 heterocycles. The van der Waals surface area contributed by atoms with Gasteiger partial charge in [0.2, 0.25) is 0 Å². The third-order valence-corrected chi connectivity index (χ3v) is 4.55. The molecule has 0 radical (unpaired) electrons. The van der Waals surface area contributed by atoms with Crippen LogP contribution in [0.4, 0.5) is 0 Å². The second kappa shape index (κ2) is 8.43. The molecule has 0 atom stereocenters. The smallest absolute Gasteiger partial charge is 0.191 e. The van der Waals surface area contributed by atoms with Crippen LogP contribution < -0.4 is 10.6 Å². The molecule has 0 unspecified atom stereocenters. The highest BCUT2D eigenvalue weighted by Gasteiger charge is 2.02. The minimum Gasteiger partial charge on any atom is -0.356 e. The van der Waals surface area contributed by atoms with Gasteiger partial charge in [0.15, 0.2) is 5.96 Å². The van der Waals surface area contributed by atoms with Crippen molar-refractivity contribution < 1.29 is 0 Å². The molecule has 0 saturated carbocycles. The Morgan fingerprint density at radius 3 is 2.72 bits per heavy atom. The van der Waals surface area contributed by atoms with Crippen molar-refractivity contribution in [3.8, 4) is 5.69 Å². The van der Waals surface area contributed by atoms with Gasteiger partial charge in [-0.1, -0.05) is 12.1 Å². The lowest BCUT2D eigenvalue weighted by atomic mass is 10.2. The molecular weight excluding hydrogens is 332 g/mol. The summed E-state index contributed by atoms with van der Waals surface area (Å²) in [6.45, 7) is 3.55. The predicted octanol–water partition coefficient (Wildman–Crippen LogP) is 2.54. The first-order valence-corrected chi connectivity index (χ1v) is 9.07. The van der Waals surface area contributed by atoms with E-state index in [4.69, 9.17) is 0 Å². The molecule has 3 rings (SSSR count). The third-order valence-electron chi connectivity index (χ3n) is 3.73. The van der Waals surface area contributed by atoms with Crippen LogP contribution in [0.1, 0.15) is 16.3 Å². The van der Waals surface area contributed by atoms with E-state index in [0.29, 0.717) is 0 Å². The van der Waals surface area contributed by atoms with Crippen molar-refractivity contribution in [2.75, 3.05) is 13.6 Å². The van der Waals surface area contributed by atoms with Crippen LogP contribution in [0, 0.1) is 6.92 Å². The number of aromatic nitrogens is 3. The first kappa shape index (κ1) is 17.2. The van der Waals surface area contributed by atoms with Crippen LogP contribution in [0.2, 0.25) is 0 Å². The van der Waals surface area contributed by atoms with Crippen molar-refractivity contribution in [3.05, 3.63) is 64.4 Å². The highest BCUT2D eigenvalue weighted by atomic mass is 32.1. The predicted molar refractivity (Wildman–Crippen MR) is 102 cm³/mol. The van der Waals surface area contributed by atoms with Gasteiger partial charge in [-0.15, -0.1) is 11.3 Å². The largest absolute Gasteiger partial charge is 0.356 e. The summed E-state index contributed by atoms with van der Waals surface area (Å²) in [6, 6.07) is 10.2. The highest BCUT2D eigenvalue weighted by molar-refractivity contribution is 7.09. The maximum Gasteiger partial charge on any atom is 0.191 e. The van der Waals surface area contributed by atoms with Gasteiger partial charge in [-0.3, -0.25) is 4.99 Å². The van der Waals surface area contributed by atoms with Gasteiger partial charge < -0.3 is 10.6 Å². The molecular formula is C18H22N6S. The standard InChI is InChI=1S/C18H22N6S/c1-14-23-16(13-25-14)8-10-20-18(19-2)21-12-15-4-6-17(7-5-15)24-11-3-9-22-24/h3-7,9,11,13H,8,10,12H2,1-2H3,(H2,19,20,21). The van der Waals surface area contributed by atoms with E-state index in [2.05, 4.69) is 55.4 Å². The van der Waals surface area contributed by atoms with Crippen molar-refractivity contribution in [1.29, 1.82) is 0 Å². The van der Waals surface area contributed by atoms with E-state index in [1.165, 1.54) is 5.56 Å². The quantitative estimate of drug-likeness (QED) is 0.527. The van der Waals surface area contributed by atoms with Crippen molar-refractivity contribution in [3.63, 3.8) is 0 Å². The van der Waals surface area contributed by atoms with Gasteiger partial charge in [0.05, 0.1) is 16.4 Å². The lowest BCUT2D eigenvalue weighted by Gasteiger charge is -2.12. The number of hydrogen-bond donors (Lipinski definition) is 2. The van der Waals surface area contributed by atoms with Crippen LogP contribution in [0.15, 0.2) is 53.1 Å². The monoisotopic (exact) mass is 354 g/mol. The van der Waals surface area contributed by atoms with E-state index >= 15 is 0 Å². The van der Waals surface area contributed by atoms with Gasteiger partial charge >= 0.3 is 0 Å². The normalized spacial score (nSPS) is 11.5. The lowest BCUT2D eigenvalue weighted by molar-refractivity contribution is 0.785. The second-order valence-electron chi connectivity index (χ2n) is 5.58. The van der Waals surface area contributed by atoms with E-state index < -0.39 is 0 Å². The van der Waals surface area contributed by atoms with Crippen LogP contribution in [0.3, 0.4) is 0 Å². The Bertz CT molecular complexity index is 804. The molecule has 2 N–H and O–H groups in total. The summed E-state index contributed by atoms with van der Waals surface area (Å²) in [5, 5.41) is 14.1. The SMILES string of the molecule is CN=C(NCCc1csc(C)n1)NCc1ccc(-n2cccn2)cc1. The Morgan fingerprint density at radius 2 is 2.08 bits per heavy atom.